The first-order valence-corrected chi connectivity index (χ1v) is 10.5. The Bertz CT molecular complexity index is 1020. The van der Waals surface area contributed by atoms with Crippen molar-refractivity contribution in [2.45, 2.75) is 13.3 Å². The third kappa shape index (κ3) is 4.16. The Morgan fingerprint density at radius 2 is 2.10 bits per heavy atom. The molecule has 4 rings (SSSR count). The Hall–Kier alpha value is -2.77. The third-order valence-electron chi connectivity index (χ3n) is 4.84. The average molecular weight is 409 g/mol. The van der Waals surface area contributed by atoms with Crippen LogP contribution in [-0.4, -0.2) is 54.6 Å². The second-order valence-corrected chi connectivity index (χ2v) is 8.52. The fraction of sp³-hybridized carbons (Fsp3) is 0.318. The van der Waals surface area contributed by atoms with Crippen molar-refractivity contribution >= 4 is 22.9 Å². The molecule has 0 saturated heterocycles. The fourth-order valence-electron chi connectivity index (χ4n) is 3.40. The maximum Gasteiger partial charge on any atom is 0.265 e. The number of aromatic nitrogens is 2. The van der Waals surface area contributed by atoms with E-state index < -0.39 is 0 Å². The largest absolute Gasteiger partial charge is 0.482 e. The minimum atomic E-state index is -0.00224. The number of fused-ring (bicyclic) bond motifs is 1. The maximum absolute atomic E-state index is 12.5. The van der Waals surface area contributed by atoms with E-state index >= 15 is 0 Å². The van der Waals surface area contributed by atoms with Gasteiger partial charge in [-0.3, -0.25) is 9.78 Å². The molecule has 0 radical (unpaired) electrons. The summed E-state index contributed by atoms with van der Waals surface area (Å²) in [6.07, 6.45) is 2.68. The highest BCUT2D eigenvalue weighted by atomic mass is 32.1. The molecule has 0 fully saturated rings. The van der Waals surface area contributed by atoms with Crippen LogP contribution in [0.1, 0.15) is 11.3 Å². The van der Waals surface area contributed by atoms with Gasteiger partial charge in [0.2, 0.25) is 0 Å². The van der Waals surface area contributed by atoms with E-state index in [0.29, 0.717) is 6.54 Å². The van der Waals surface area contributed by atoms with Crippen LogP contribution in [-0.2, 0) is 4.79 Å². The molecule has 7 heteroatoms. The highest BCUT2D eigenvalue weighted by molar-refractivity contribution is 7.15. The Labute approximate surface area is 174 Å². The van der Waals surface area contributed by atoms with Gasteiger partial charge in [-0.1, -0.05) is 6.07 Å². The van der Waals surface area contributed by atoms with Gasteiger partial charge in [0.15, 0.2) is 6.61 Å². The molecule has 0 saturated carbocycles. The Balaban J connectivity index is 1.66. The number of thiazole rings is 1. The van der Waals surface area contributed by atoms with E-state index in [1.54, 1.807) is 17.5 Å². The van der Waals surface area contributed by atoms with Crippen LogP contribution in [0.3, 0.4) is 0 Å². The van der Waals surface area contributed by atoms with Gasteiger partial charge in [0.25, 0.3) is 5.91 Å². The molecule has 0 spiro atoms. The minimum absolute atomic E-state index is 0.00224. The van der Waals surface area contributed by atoms with E-state index in [-0.39, 0.29) is 12.5 Å². The van der Waals surface area contributed by atoms with Gasteiger partial charge in [-0.25, -0.2) is 4.98 Å². The molecule has 6 nitrogen and oxygen atoms in total. The fourth-order valence-corrected chi connectivity index (χ4v) is 4.32. The number of benzene rings is 1. The van der Waals surface area contributed by atoms with Crippen LogP contribution in [0.15, 0.2) is 42.6 Å². The van der Waals surface area contributed by atoms with Crippen molar-refractivity contribution < 1.29 is 9.53 Å². The average Bonchev–Trinajstić information content (AvgIpc) is 3.11. The third-order valence-corrected chi connectivity index (χ3v) is 5.84. The van der Waals surface area contributed by atoms with Gasteiger partial charge in [-0.05, 0) is 64.3 Å². The summed E-state index contributed by atoms with van der Waals surface area (Å²) in [5.74, 6) is 0.744. The summed E-state index contributed by atoms with van der Waals surface area (Å²) < 4.78 is 5.66. The summed E-state index contributed by atoms with van der Waals surface area (Å²) in [5.41, 5.74) is 3.60. The first kappa shape index (κ1) is 19.5. The molecular weight excluding hydrogens is 384 g/mol. The first-order chi connectivity index (χ1) is 14.0. The molecule has 0 N–H and O–H groups in total. The summed E-state index contributed by atoms with van der Waals surface area (Å²) in [6.45, 7) is 3.76. The lowest BCUT2D eigenvalue weighted by atomic mass is 10.1. The SMILES string of the molecule is Cc1sc(-c2ccccn2)nc1-c1ccc2c(c1)N(CCCN(C)C)C(=O)CO2. The number of carbonyl (C=O) groups is 1. The Morgan fingerprint density at radius 3 is 2.86 bits per heavy atom. The zero-order valence-corrected chi connectivity index (χ0v) is 17.7. The van der Waals surface area contributed by atoms with Gasteiger partial charge in [0.1, 0.15) is 10.8 Å². The molecule has 2 aromatic heterocycles. The van der Waals surface area contributed by atoms with E-state index in [2.05, 4.69) is 16.8 Å². The number of rotatable bonds is 6. The minimum Gasteiger partial charge on any atom is -0.482 e. The van der Waals surface area contributed by atoms with Crippen molar-refractivity contribution in [1.82, 2.24) is 14.9 Å². The Kier molecular flexibility index (Phi) is 5.60. The second-order valence-electron chi connectivity index (χ2n) is 7.31. The number of hydrogen-bond acceptors (Lipinski definition) is 6. The van der Waals surface area contributed by atoms with Gasteiger partial charge >= 0.3 is 0 Å². The van der Waals surface area contributed by atoms with E-state index in [0.717, 1.165) is 51.2 Å². The lowest BCUT2D eigenvalue weighted by molar-refractivity contribution is -0.121. The number of nitrogens with zero attached hydrogens (tertiary/aromatic N) is 4. The molecule has 1 amide bonds. The monoisotopic (exact) mass is 408 g/mol. The molecule has 1 aliphatic heterocycles. The highest BCUT2D eigenvalue weighted by Gasteiger charge is 2.26. The smallest absolute Gasteiger partial charge is 0.265 e. The predicted octanol–water partition coefficient (Wildman–Crippen LogP) is 3.86. The summed E-state index contributed by atoms with van der Waals surface area (Å²) in [7, 11) is 4.08. The standard InChI is InChI=1S/C22H24N4O2S/c1-15-21(24-22(29-15)17-7-4-5-10-23-17)16-8-9-19-18(13-16)26(20(27)14-28-19)12-6-11-25(2)3/h4-5,7-10,13H,6,11-12,14H2,1-3H3. The van der Waals surface area contributed by atoms with Crippen molar-refractivity contribution in [3.63, 3.8) is 0 Å². The molecule has 0 unspecified atom stereocenters. The van der Waals surface area contributed by atoms with Crippen molar-refractivity contribution in [2.75, 3.05) is 38.7 Å². The normalized spacial score (nSPS) is 13.5. The number of amides is 1. The van der Waals surface area contributed by atoms with E-state index in [1.165, 1.54) is 0 Å². The van der Waals surface area contributed by atoms with Crippen molar-refractivity contribution in [2.24, 2.45) is 0 Å². The van der Waals surface area contributed by atoms with Crippen LogP contribution < -0.4 is 9.64 Å². The van der Waals surface area contributed by atoms with Crippen LogP contribution in [0, 0.1) is 6.92 Å². The molecular formula is C22H24N4O2S. The number of aryl methyl sites for hydroxylation is 1. The van der Waals surface area contributed by atoms with E-state index in [4.69, 9.17) is 9.72 Å². The molecule has 3 aromatic rings. The van der Waals surface area contributed by atoms with Gasteiger partial charge in [-0.15, -0.1) is 11.3 Å². The van der Waals surface area contributed by atoms with E-state index in [9.17, 15) is 4.79 Å². The second kappa shape index (κ2) is 8.31. The van der Waals surface area contributed by atoms with Crippen molar-refractivity contribution in [1.29, 1.82) is 0 Å². The van der Waals surface area contributed by atoms with Gasteiger partial charge < -0.3 is 14.5 Å². The summed E-state index contributed by atoms with van der Waals surface area (Å²) in [5, 5.41) is 0.894. The molecule has 29 heavy (non-hydrogen) atoms. The number of carbonyl (C=O) groups excluding carboxylic acids is 1. The molecule has 0 atom stereocenters. The molecule has 0 aliphatic carbocycles. The van der Waals surface area contributed by atoms with Gasteiger partial charge in [0.05, 0.1) is 17.1 Å². The maximum atomic E-state index is 12.5. The number of hydrogen-bond donors (Lipinski definition) is 0. The van der Waals surface area contributed by atoms with Crippen LogP contribution in [0.4, 0.5) is 5.69 Å². The molecule has 1 aromatic carbocycles. The van der Waals surface area contributed by atoms with Gasteiger partial charge in [0, 0.05) is 23.2 Å². The number of ether oxygens (including phenoxy) is 1. The molecule has 1 aliphatic rings. The summed E-state index contributed by atoms with van der Waals surface area (Å²) >= 11 is 1.63. The molecule has 0 bridgehead atoms. The summed E-state index contributed by atoms with van der Waals surface area (Å²) in [4.78, 5) is 26.8. The van der Waals surface area contributed by atoms with Crippen LogP contribution in [0.5, 0.6) is 5.75 Å². The molecule has 150 valence electrons. The van der Waals surface area contributed by atoms with Crippen molar-refractivity contribution in [3.05, 3.63) is 47.5 Å². The first-order valence-electron chi connectivity index (χ1n) is 9.64. The number of anilines is 1. The lowest BCUT2D eigenvalue weighted by Gasteiger charge is -2.30. The molecule has 3 heterocycles. The topological polar surface area (TPSA) is 58.6 Å². The quantitative estimate of drug-likeness (QED) is 0.620. The van der Waals surface area contributed by atoms with Crippen molar-refractivity contribution in [3.8, 4) is 27.7 Å². The zero-order valence-electron chi connectivity index (χ0n) is 16.9. The van der Waals surface area contributed by atoms with E-state index in [1.807, 2.05) is 55.4 Å². The van der Waals surface area contributed by atoms with Crippen LogP contribution >= 0.6 is 11.3 Å². The Morgan fingerprint density at radius 1 is 1.24 bits per heavy atom. The summed E-state index contributed by atoms with van der Waals surface area (Å²) in [6, 6.07) is 11.8. The zero-order chi connectivity index (χ0) is 20.4. The lowest BCUT2D eigenvalue weighted by Crippen LogP contribution is -2.40. The highest BCUT2D eigenvalue weighted by Crippen LogP contribution is 2.39. The number of pyridine rings is 1. The van der Waals surface area contributed by atoms with Crippen LogP contribution in [0.2, 0.25) is 0 Å². The van der Waals surface area contributed by atoms with Crippen LogP contribution in [0.25, 0.3) is 22.0 Å². The predicted molar refractivity (Wildman–Crippen MR) is 117 cm³/mol. The van der Waals surface area contributed by atoms with Gasteiger partial charge in [-0.2, -0.15) is 0 Å².